The molecule has 1 heterocycles. The van der Waals surface area contributed by atoms with Gasteiger partial charge in [-0.1, -0.05) is 18.2 Å². The molecule has 2 aromatic carbocycles. The maximum absolute atomic E-state index is 13.6. The fourth-order valence-corrected chi connectivity index (χ4v) is 2.13. The summed E-state index contributed by atoms with van der Waals surface area (Å²) in [5.41, 5.74) is 1.80. The van der Waals surface area contributed by atoms with Gasteiger partial charge in [0.15, 0.2) is 0 Å². The Hall–Kier alpha value is -2.76. The molecule has 5 nitrogen and oxygen atoms in total. The van der Waals surface area contributed by atoms with Gasteiger partial charge in [-0.2, -0.15) is 5.10 Å². The molecular formula is C14H10FN3O2. The minimum absolute atomic E-state index is 0.00585. The first kappa shape index (κ1) is 12.3. The molecule has 0 bridgehead atoms. The molecule has 0 saturated heterocycles. The van der Waals surface area contributed by atoms with Crippen LogP contribution in [0.2, 0.25) is 0 Å². The predicted octanol–water partition coefficient (Wildman–Crippen LogP) is 3.20. The van der Waals surface area contributed by atoms with Gasteiger partial charge in [0.2, 0.25) is 0 Å². The Kier molecular flexibility index (Phi) is 2.90. The predicted molar refractivity (Wildman–Crippen MR) is 72.0 cm³/mol. The molecule has 0 fully saturated rings. The van der Waals surface area contributed by atoms with Crippen molar-refractivity contribution in [3.8, 4) is 0 Å². The second-order valence-electron chi connectivity index (χ2n) is 4.43. The van der Waals surface area contributed by atoms with Crippen molar-refractivity contribution in [2.45, 2.75) is 6.42 Å². The van der Waals surface area contributed by atoms with Gasteiger partial charge in [-0.25, -0.2) is 4.39 Å². The fraction of sp³-hybridized carbons (Fsp3) is 0.0714. The third-order valence-electron chi connectivity index (χ3n) is 3.15. The summed E-state index contributed by atoms with van der Waals surface area (Å²) in [6.45, 7) is 0. The number of nitrogens with zero attached hydrogens (tertiary/aromatic N) is 2. The van der Waals surface area contributed by atoms with E-state index in [1.54, 1.807) is 24.3 Å². The molecule has 0 saturated carbocycles. The van der Waals surface area contributed by atoms with Crippen LogP contribution in [0, 0.1) is 15.9 Å². The van der Waals surface area contributed by atoms with Gasteiger partial charge in [-0.3, -0.25) is 15.2 Å². The molecule has 6 heteroatoms. The van der Waals surface area contributed by atoms with Crippen molar-refractivity contribution in [3.05, 3.63) is 69.7 Å². The second kappa shape index (κ2) is 4.73. The van der Waals surface area contributed by atoms with Crippen LogP contribution in [0.5, 0.6) is 0 Å². The number of non-ortho nitro benzene ring substituents is 1. The van der Waals surface area contributed by atoms with E-state index in [1.165, 1.54) is 18.2 Å². The van der Waals surface area contributed by atoms with Crippen LogP contribution < -0.4 is 0 Å². The van der Waals surface area contributed by atoms with E-state index in [-0.39, 0.29) is 11.5 Å². The largest absolute Gasteiger partial charge is 0.281 e. The monoisotopic (exact) mass is 271 g/mol. The number of nitro benzene ring substituents is 1. The first-order valence-electron chi connectivity index (χ1n) is 6.00. The van der Waals surface area contributed by atoms with Gasteiger partial charge in [0.1, 0.15) is 5.82 Å². The lowest BCUT2D eigenvalue weighted by Crippen LogP contribution is -1.93. The van der Waals surface area contributed by atoms with Crippen molar-refractivity contribution in [2.24, 2.45) is 0 Å². The third-order valence-corrected chi connectivity index (χ3v) is 3.15. The van der Waals surface area contributed by atoms with E-state index < -0.39 is 4.92 Å². The number of benzene rings is 2. The number of halogens is 1. The lowest BCUT2D eigenvalue weighted by atomic mass is 10.1. The Labute approximate surface area is 113 Å². The molecule has 0 unspecified atom stereocenters. The molecular weight excluding hydrogens is 261 g/mol. The van der Waals surface area contributed by atoms with Crippen LogP contribution in [0.1, 0.15) is 11.3 Å². The summed E-state index contributed by atoms with van der Waals surface area (Å²) in [6.07, 6.45) is 0.310. The highest BCUT2D eigenvalue weighted by atomic mass is 19.1. The van der Waals surface area contributed by atoms with E-state index in [9.17, 15) is 14.5 Å². The maximum atomic E-state index is 13.6. The number of hydrogen-bond acceptors (Lipinski definition) is 3. The van der Waals surface area contributed by atoms with Crippen LogP contribution in [-0.4, -0.2) is 15.1 Å². The molecule has 1 aromatic heterocycles. The van der Waals surface area contributed by atoms with Crippen molar-refractivity contribution in [1.29, 1.82) is 0 Å². The molecule has 0 radical (unpaired) electrons. The molecule has 0 spiro atoms. The van der Waals surface area contributed by atoms with Gasteiger partial charge in [-0.15, -0.1) is 0 Å². The molecule has 0 aliphatic carbocycles. The number of nitro groups is 1. The van der Waals surface area contributed by atoms with E-state index in [2.05, 4.69) is 10.2 Å². The van der Waals surface area contributed by atoms with Crippen LogP contribution in [0.25, 0.3) is 10.9 Å². The van der Waals surface area contributed by atoms with Crippen molar-refractivity contribution in [2.75, 3.05) is 0 Å². The molecule has 0 amide bonds. The number of hydrogen-bond donors (Lipinski definition) is 1. The van der Waals surface area contributed by atoms with Gasteiger partial charge in [0.25, 0.3) is 5.69 Å². The van der Waals surface area contributed by atoms with Crippen molar-refractivity contribution in [3.63, 3.8) is 0 Å². The van der Waals surface area contributed by atoms with Gasteiger partial charge in [0.05, 0.1) is 10.4 Å². The summed E-state index contributed by atoms with van der Waals surface area (Å²) < 4.78 is 13.6. The topological polar surface area (TPSA) is 71.8 Å². The van der Waals surface area contributed by atoms with Crippen molar-refractivity contribution >= 4 is 16.6 Å². The zero-order valence-electron chi connectivity index (χ0n) is 10.3. The van der Waals surface area contributed by atoms with Gasteiger partial charge < -0.3 is 0 Å². The SMILES string of the molecule is O=[N+]([O-])c1ccc2n[nH]c(Cc3ccccc3F)c2c1. The summed E-state index contributed by atoms with van der Waals surface area (Å²) in [5.74, 6) is -0.305. The summed E-state index contributed by atoms with van der Waals surface area (Å²) in [4.78, 5) is 10.3. The number of rotatable bonds is 3. The number of aromatic amines is 1. The first-order valence-corrected chi connectivity index (χ1v) is 6.00. The summed E-state index contributed by atoms with van der Waals surface area (Å²) in [5, 5.41) is 18.3. The van der Waals surface area contributed by atoms with Crippen molar-refractivity contribution < 1.29 is 9.31 Å². The quantitative estimate of drug-likeness (QED) is 0.587. The standard InChI is InChI=1S/C14H10FN3O2/c15-12-4-2-1-3-9(12)7-14-11-8-10(18(19)20)5-6-13(11)16-17-14/h1-6,8H,7H2,(H,16,17). The Bertz CT molecular complexity index is 798. The average molecular weight is 271 g/mol. The smallest absolute Gasteiger partial charge is 0.270 e. The molecule has 3 aromatic rings. The fourth-order valence-electron chi connectivity index (χ4n) is 2.13. The number of nitrogens with one attached hydrogen (secondary N) is 1. The van der Waals surface area contributed by atoms with E-state index in [0.29, 0.717) is 28.6 Å². The molecule has 0 aliphatic heterocycles. The summed E-state index contributed by atoms with van der Waals surface area (Å²) in [7, 11) is 0. The second-order valence-corrected chi connectivity index (χ2v) is 4.43. The Balaban J connectivity index is 2.06. The van der Waals surface area contributed by atoms with Gasteiger partial charge in [-0.05, 0) is 17.7 Å². The molecule has 0 aliphatic rings. The maximum Gasteiger partial charge on any atom is 0.270 e. The molecule has 100 valence electrons. The third kappa shape index (κ3) is 2.11. The van der Waals surface area contributed by atoms with Gasteiger partial charge in [0, 0.05) is 29.6 Å². The molecule has 0 atom stereocenters. The molecule has 1 N–H and O–H groups in total. The molecule has 3 rings (SSSR count). The first-order chi connectivity index (χ1) is 9.65. The van der Waals surface area contributed by atoms with E-state index >= 15 is 0 Å². The summed E-state index contributed by atoms with van der Waals surface area (Å²) in [6, 6.07) is 10.9. The Morgan fingerprint density at radius 1 is 1.25 bits per heavy atom. The Morgan fingerprint density at radius 2 is 2.05 bits per heavy atom. The highest BCUT2D eigenvalue weighted by molar-refractivity contribution is 5.83. The summed E-state index contributed by atoms with van der Waals surface area (Å²) >= 11 is 0. The van der Waals surface area contributed by atoms with Crippen LogP contribution in [0.3, 0.4) is 0 Å². The van der Waals surface area contributed by atoms with Crippen LogP contribution in [0.15, 0.2) is 42.5 Å². The Morgan fingerprint density at radius 3 is 2.80 bits per heavy atom. The van der Waals surface area contributed by atoms with Gasteiger partial charge >= 0.3 is 0 Å². The zero-order valence-corrected chi connectivity index (χ0v) is 10.3. The van der Waals surface area contributed by atoms with E-state index in [4.69, 9.17) is 0 Å². The lowest BCUT2D eigenvalue weighted by Gasteiger charge is -2.01. The van der Waals surface area contributed by atoms with Crippen LogP contribution in [0.4, 0.5) is 10.1 Å². The normalized spacial score (nSPS) is 10.8. The molecule has 20 heavy (non-hydrogen) atoms. The highest BCUT2D eigenvalue weighted by Gasteiger charge is 2.13. The average Bonchev–Trinajstić information content (AvgIpc) is 2.84. The van der Waals surface area contributed by atoms with E-state index in [0.717, 1.165) is 0 Å². The zero-order chi connectivity index (χ0) is 14.1. The van der Waals surface area contributed by atoms with Crippen LogP contribution in [-0.2, 0) is 6.42 Å². The number of H-pyrrole nitrogens is 1. The van der Waals surface area contributed by atoms with Crippen LogP contribution >= 0.6 is 0 Å². The van der Waals surface area contributed by atoms with Crippen molar-refractivity contribution in [1.82, 2.24) is 10.2 Å². The lowest BCUT2D eigenvalue weighted by molar-refractivity contribution is -0.384. The number of aromatic nitrogens is 2. The minimum atomic E-state index is -0.459. The minimum Gasteiger partial charge on any atom is -0.281 e. The highest BCUT2D eigenvalue weighted by Crippen LogP contribution is 2.24. The van der Waals surface area contributed by atoms with E-state index in [1.807, 2.05) is 0 Å². The number of fused-ring (bicyclic) bond motifs is 1.